The van der Waals surface area contributed by atoms with Crippen LogP contribution in [0.15, 0.2) is 11.2 Å². The Kier molecular flexibility index (Phi) is 1.75. The molecule has 0 aliphatic heterocycles. The predicted molar refractivity (Wildman–Crippen MR) is 37.7 cm³/mol. The third-order valence-electron chi connectivity index (χ3n) is 0.958. The Morgan fingerprint density at radius 2 is 2.33 bits per heavy atom. The fourth-order valence-corrected chi connectivity index (χ4v) is 0.659. The zero-order valence-corrected chi connectivity index (χ0v) is 6.34. The van der Waals surface area contributed by atoms with E-state index >= 15 is 0 Å². The molecule has 0 saturated carbocycles. The van der Waals surface area contributed by atoms with Crippen LogP contribution in [0.3, 0.4) is 0 Å². The number of hydrogen-bond donors (Lipinski definition) is 1. The summed E-state index contributed by atoms with van der Waals surface area (Å²) >= 11 is 4.01. The van der Waals surface area contributed by atoms with Gasteiger partial charge in [-0.1, -0.05) is 0 Å². The van der Waals surface area contributed by atoms with Crippen molar-refractivity contribution in [2.24, 2.45) is 0 Å². The predicted octanol–water partition coefficient (Wildman–Crippen LogP) is 1.15. The summed E-state index contributed by atoms with van der Waals surface area (Å²) in [5, 5.41) is 8.59. The molecule has 1 aromatic rings. The van der Waals surface area contributed by atoms with Crippen molar-refractivity contribution in [2.75, 3.05) is 0 Å². The van der Waals surface area contributed by atoms with E-state index in [0.717, 1.165) is 0 Å². The minimum absolute atomic E-state index is 0.325. The topological polar surface area (TPSA) is 30.7 Å². The van der Waals surface area contributed by atoms with Crippen LogP contribution in [0.1, 0.15) is 19.9 Å². The molecule has 0 aliphatic rings. The molecule has 9 heavy (non-hydrogen) atoms. The molecule has 0 fully saturated rings. The summed E-state index contributed by atoms with van der Waals surface area (Å²) in [5.74, 6) is 0. The second kappa shape index (κ2) is 2.39. The Balaban J connectivity index is 2.85. The lowest BCUT2D eigenvalue weighted by atomic mass is 10.4. The largest absolute Gasteiger partial charge is 0.181 e. The molecular weight excluding hydrogens is 134 g/mol. The molecular formula is C5H9N3S. The highest BCUT2D eigenvalue weighted by Gasteiger charge is 1.98. The van der Waals surface area contributed by atoms with E-state index < -0.39 is 0 Å². The number of nitrogens with zero attached hydrogens (tertiary/aromatic N) is 3. The van der Waals surface area contributed by atoms with E-state index in [1.54, 1.807) is 11.0 Å². The van der Waals surface area contributed by atoms with E-state index in [-0.39, 0.29) is 0 Å². The summed E-state index contributed by atoms with van der Waals surface area (Å²) in [4.78, 5) is 1.63. The van der Waals surface area contributed by atoms with E-state index in [4.69, 9.17) is 0 Å². The van der Waals surface area contributed by atoms with E-state index in [2.05, 4.69) is 22.8 Å². The van der Waals surface area contributed by atoms with Gasteiger partial charge in [-0.25, -0.2) is 0 Å². The maximum Gasteiger partial charge on any atom is 0.135 e. The third kappa shape index (κ3) is 1.45. The highest BCUT2D eigenvalue weighted by Crippen LogP contribution is 2.02. The molecule has 1 rings (SSSR count). The van der Waals surface area contributed by atoms with Crippen molar-refractivity contribution >= 4 is 12.6 Å². The molecule has 4 heteroatoms. The second-order valence-corrected chi connectivity index (χ2v) is 2.58. The molecule has 0 atom stereocenters. The molecule has 3 nitrogen and oxygen atoms in total. The first kappa shape index (κ1) is 6.61. The van der Waals surface area contributed by atoms with Gasteiger partial charge in [0, 0.05) is 0 Å². The number of hydrogen-bond acceptors (Lipinski definition) is 3. The monoisotopic (exact) mass is 143 g/mol. The van der Waals surface area contributed by atoms with Crippen LogP contribution in [-0.4, -0.2) is 15.0 Å². The molecule has 1 aromatic heterocycles. The van der Waals surface area contributed by atoms with Crippen molar-refractivity contribution < 1.29 is 0 Å². The van der Waals surface area contributed by atoms with Crippen LogP contribution in [0.25, 0.3) is 0 Å². The van der Waals surface area contributed by atoms with E-state index in [1.807, 2.05) is 13.8 Å². The Bertz CT molecular complexity index is 194. The van der Waals surface area contributed by atoms with Crippen LogP contribution in [0, 0.1) is 0 Å². The summed E-state index contributed by atoms with van der Waals surface area (Å²) in [6, 6.07) is 0.325. The van der Waals surface area contributed by atoms with Crippen molar-refractivity contribution in [1.29, 1.82) is 0 Å². The molecule has 0 saturated heterocycles. The van der Waals surface area contributed by atoms with Gasteiger partial charge in [0.2, 0.25) is 0 Å². The van der Waals surface area contributed by atoms with Crippen LogP contribution in [0.2, 0.25) is 0 Å². The SMILES string of the molecule is CC(C)n1ncc(S)n1. The molecule has 0 bridgehead atoms. The highest BCUT2D eigenvalue weighted by molar-refractivity contribution is 7.80. The lowest BCUT2D eigenvalue weighted by Gasteiger charge is -1.99. The number of aromatic nitrogens is 3. The van der Waals surface area contributed by atoms with Crippen molar-refractivity contribution in [1.82, 2.24) is 15.0 Å². The molecule has 1 heterocycles. The molecule has 0 aliphatic carbocycles. The Morgan fingerprint density at radius 3 is 2.56 bits per heavy atom. The van der Waals surface area contributed by atoms with Gasteiger partial charge in [-0.05, 0) is 13.8 Å². The van der Waals surface area contributed by atoms with Gasteiger partial charge in [0.25, 0.3) is 0 Å². The Hall–Kier alpha value is -0.510. The zero-order chi connectivity index (χ0) is 6.85. The lowest BCUT2D eigenvalue weighted by Crippen LogP contribution is -2.03. The molecule has 0 aromatic carbocycles. The average molecular weight is 143 g/mol. The summed E-state index contributed by atoms with van der Waals surface area (Å²) in [7, 11) is 0. The fourth-order valence-electron chi connectivity index (χ4n) is 0.516. The fraction of sp³-hybridized carbons (Fsp3) is 0.600. The van der Waals surface area contributed by atoms with Crippen molar-refractivity contribution in [3.8, 4) is 0 Å². The minimum atomic E-state index is 0.325. The standard InChI is InChI=1S/C5H9N3S/c1-4(2)8-6-3-5(9)7-8/h3-4H,1-2H3,(H,7,9). The Morgan fingerprint density at radius 1 is 1.67 bits per heavy atom. The van der Waals surface area contributed by atoms with Gasteiger partial charge in [-0.2, -0.15) is 9.90 Å². The summed E-state index contributed by atoms with van der Waals surface area (Å²) in [6.45, 7) is 4.04. The number of rotatable bonds is 1. The normalized spacial score (nSPS) is 10.7. The van der Waals surface area contributed by atoms with Crippen molar-refractivity contribution in [3.63, 3.8) is 0 Å². The summed E-state index contributed by atoms with van der Waals surface area (Å²) < 4.78 is 0. The van der Waals surface area contributed by atoms with Gasteiger partial charge >= 0.3 is 0 Å². The first-order valence-corrected chi connectivity index (χ1v) is 3.25. The van der Waals surface area contributed by atoms with E-state index in [9.17, 15) is 0 Å². The second-order valence-electron chi connectivity index (χ2n) is 2.12. The highest BCUT2D eigenvalue weighted by atomic mass is 32.1. The van der Waals surface area contributed by atoms with Gasteiger partial charge in [0.1, 0.15) is 5.03 Å². The smallest absolute Gasteiger partial charge is 0.135 e. The van der Waals surface area contributed by atoms with Crippen LogP contribution in [-0.2, 0) is 0 Å². The lowest BCUT2D eigenvalue weighted by molar-refractivity contribution is 0.460. The maximum absolute atomic E-state index is 4.01. The van der Waals surface area contributed by atoms with Gasteiger partial charge in [-0.3, -0.25) is 0 Å². The Labute approximate surface area is 59.5 Å². The van der Waals surface area contributed by atoms with Gasteiger partial charge < -0.3 is 0 Å². The third-order valence-corrected chi connectivity index (χ3v) is 1.16. The molecule has 0 N–H and O–H groups in total. The molecule has 0 spiro atoms. The first-order valence-electron chi connectivity index (χ1n) is 2.81. The summed E-state index contributed by atoms with van der Waals surface area (Å²) in [5.41, 5.74) is 0. The van der Waals surface area contributed by atoms with Crippen molar-refractivity contribution in [2.45, 2.75) is 24.9 Å². The zero-order valence-electron chi connectivity index (χ0n) is 5.44. The molecule has 0 unspecified atom stereocenters. The molecule has 0 radical (unpaired) electrons. The van der Waals surface area contributed by atoms with Gasteiger partial charge in [0.15, 0.2) is 0 Å². The van der Waals surface area contributed by atoms with E-state index in [0.29, 0.717) is 11.1 Å². The van der Waals surface area contributed by atoms with Crippen LogP contribution in [0.5, 0.6) is 0 Å². The van der Waals surface area contributed by atoms with Crippen molar-refractivity contribution in [3.05, 3.63) is 6.20 Å². The van der Waals surface area contributed by atoms with Crippen LogP contribution < -0.4 is 0 Å². The number of thiol groups is 1. The minimum Gasteiger partial charge on any atom is -0.181 e. The van der Waals surface area contributed by atoms with Crippen LogP contribution in [0.4, 0.5) is 0 Å². The van der Waals surface area contributed by atoms with Gasteiger partial charge in [0.05, 0.1) is 12.2 Å². The molecule has 0 amide bonds. The van der Waals surface area contributed by atoms with Gasteiger partial charge in [-0.15, -0.1) is 17.7 Å². The maximum atomic E-state index is 4.01. The summed E-state index contributed by atoms with van der Waals surface area (Å²) in [6.07, 6.45) is 1.63. The average Bonchev–Trinajstić information content (AvgIpc) is 2.14. The van der Waals surface area contributed by atoms with E-state index in [1.165, 1.54) is 0 Å². The first-order chi connectivity index (χ1) is 4.20. The molecule has 50 valence electrons. The quantitative estimate of drug-likeness (QED) is 0.598. The van der Waals surface area contributed by atoms with Crippen LogP contribution >= 0.6 is 12.6 Å².